The number of morpholine rings is 1. The Morgan fingerprint density at radius 2 is 1.77 bits per heavy atom. The van der Waals surface area contributed by atoms with Crippen molar-refractivity contribution in [1.82, 2.24) is 14.9 Å². The average Bonchev–Trinajstić information content (AvgIpc) is 2.60. The Labute approximate surface area is 153 Å². The topological polar surface area (TPSA) is 114 Å². The largest absolute Gasteiger partial charge is 0.378 e. The molecule has 2 aliphatic heterocycles. The zero-order chi connectivity index (χ0) is 18.8. The second kappa shape index (κ2) is 7.58. The normalized spacial score (nSPS) is 24.7. The second-order valence-electron chi connectivity index (χ2n) is 6.92. The summed E-state index contributed by atoms with van der Waals surface area (Å²) in [4.78, 5) is 26.2. The fourth-order valence-electron chi connectivity index (χ4n) is 3.60. The van der Waals surface area contributed by atoms with Gasteiger partial charge in [0.2, 0.25) is 17.6 Å². The van der Waals surface area contributed by atoms with Crippen molar-refractivity contribution in [3.05, 3.63) is 10.1 Å². The Hall–Kier alpha value is -2.20. The van der Waals surface area contributed by atoms with Gasteiger partial charge in [-0.2, -0.15) is 9.97 Å². The van der Waals surface area contributed by atoms with E-state index in [1.165, 1.54) is 0 Å². The molecule has 2 saturated heterocycles. The Kier molecular flexibility index (Phi) is 5.42. The molecule has 10 heteroatoms. The van der Waals surface area contributed by atoms with Gasteiger partial charge in [-0.25, -0.2) is 0 Å². The number of likely N-dealkylation sites (N-methyl/N-ethyl adjacent to an activating group) is 1. The van der Waals surface area contributed by atoms with Crippen LogP contribution in [0.2, 0.25) is 0 Å². The SMILES string of the molecule is CCN1CCN(c2nc(N)c([N+](=O)[O-])c(N3C[C@@H](C)O[C@H](C)C3)n2)CC1. The van der Waals surface area contributed by atoms with E-state index in [-0.39, 0.29) is 29.5 Å². The van der Waals surface area contributed by atoms with Gasteiger partial charge in [-0.15, -0.1) is 0 Å². The molecule has 2 aliphatic rings. The van der Waals surface area contributed by atoms with Crippen molar-refractivity contribution >= 4 is 23.3 Å². The summed E-state index contributed by atoms with van der Waals surface area (Å²) in [5.74, 6) is 0.669. The molecular weight excluding hydrogens is 338 g/mol. The Balaban J connectivity index is 1.93. The highest BCUT2D eigenvalue weighted by Crippen LogP contribution is 2.34. The first-order chi connectivity index (χ1) is 12.4. The molecule has 0 aliphatic carbocycles. The maximum atomic E-state index is 11.6. The first kappa shape index (κ1) is 18.6. The van der Waals surface area contributed by atoms with E-state index in [0.29, 0.717) is 19.0 Å². The fourth-order valence-corrected chi connectivity index (χ4v) is 3.60. The van der Waals surface area contributed by atoms with E-state index in [9.17, 15) is 10.1 Å². The maximum Gasteiger partial charge on any atom is 0.353 e. The Morgan fingerprint density at radius 1 is 1.15 bits per heavy atom. The molecule has 1 aromatic rings. The maximum absolute atomic E-state index is 11.6. The number of nitrogens with two attached hydrogens (primary N) is 1. The molecule has 0 bridgehead atoms. The third kappa shape index (κ3) is 3.80. The van der Waals surface area contributed by atoms with Crippen molar-refractivity contribution in [3.8, 4) is 0 Å². The summed E-state index contributed by atoms with van der Waals surface area (Å²) < 4.78 is 5.74. The molecule has 2 fully saturated rings. The molecular formula is C16H27N7O3. The van der Waals surface area contributed by atoms with E-state index < -0.39 is 4.92 Å². The average molecular weight is 365 g/mol. The lowest BCUT2D eigenvalue weighted by atomic mass is 10.2. The van der Waals surface area contributed by atoms with Crippen molar-refractivity contribution in [2.75, 3.05) is 61.3 Å². The van der Waals surface area contributed by atoms with E-state index in [1.807, 2.05) is 23.6 Å². The first-order valence-corrected chi connectivity index (χ1v) is 9.08. The van der Waals surface area contributed by atoms with E-state index in [0.717, 1.165) is 32.7 Å². The molecule has 3 rings (SSSR count). The lowest BCUT2D eigenvalue weighted by molar-refractivity contribution is -0.383. The summed E-state index contributed by atoms with van der Waals surface area (Å²) in [6.07, 6.45) is -0.0721. The van der Waals surface area contributed by atoms with Gasteiger partial charge in [0.05, 0.1) is 17.1 Å². The predicted molar refractivity (Wildman–Crippen MR) is 99.6 cm³/mol. The van der Waals surface area contributed by atoms with Crippen LogP contribution in [0.25, 0.3) is 0 Å². The zero-order valence-corrected chi connectivity index (χ0v) is 15.6. The highest BCUT2D eigenvalue weighted by molar-refractivity contribution is 5.71. The third-order valence-electron chi connectivity index (χ3n) is 4.88. The summed E-state index contributed by atoms with van der Waals surface area (Å²) in [6, 6.07) is 0. The summed E-state index contributed by atoms with van der Waals surface area (Å²) >= 11 is 0. The summed E-state index contributed by atoms with van der Waals surface area (Å²) in [5.41, 5.74) is 5.75. The number of piperazine rings is 1. The molecule has 0 saturated carbocycles. The number of nitro groups is 1. The van der Waals surface area contributed by atoms with Gasteiger partial charge in [0.15, 0.2) is 0 Å². The number of rotatable bonds is 4. The van der Waals surface area contributed by atoms with Crippen LogP contribution in [0.5, 0.6) is 0 Å². The lowest BCUT2D eigenvalue weighted by Crippen LogP contribution is -2.48. The van der Waals surface area contributed by atoms with E-state index in [2.05, 4.69) is 21.8 Å². The van der Waals surface area contributed by atoms with Crippen LogP contribution in [0, 0.1) is 10.1 Å². The van der Waals surface area contributed by atoms with Crippen LogP contribution in [0.3, 0.4) is 0 Å². The van der Waals surface area contributed by atoms with Crippen LogP contribution >= 0.6 is 0 Å². The van der Waals surface area contributed by atoms with Crippen molar-refractivity contribution in [1.29, 1.82) is 0 Å². The zero-order valence-electron chi connectivity index (χ0n) is 15.6. The number of nitrogen functional groups attached to an aromatic ring is 1. The molecule has 0 aromatic carbocycles. The minimum absolute atomic E-state index is 0.0360. The monoisotopic (exact) mass is 365 g/mol. The van der Waals surface area contributed by atoms with Gasteiger partial charge < -0.3 is 25.2 Å². The molecule has 2 atom stereocenters. The molecule has 2 N–H and O–H groups in total. The van der Waals surface area contributed by atoms with Crippen LogP contribution in [-0.2, 0) is 4.74 Å². The Morgan fingerprint density at radius 3 is 2.31 bits per heavy atom. The molecule has 0 unspecified atom stereocenters. The van der Waals surface area contributed by atoms with Gasteiger partial charge in [-0.1, -0.05) is 6.92 Å². The first-order valence-electron chi connectivity index (χ1n) is 9.08. The molecule has 1 aromatic heterocycles. The third-order valence-corrected chi connectivity index (χ3v) is 4.88. The van der Waals surface area contributed by atoms with Gasteiger partial charge >= 0.3 is 5.69 Å². The molecule has 3 heterocycles. The van der Waals surface area contributed by atoms with Gasteiger partial charge in [0.1, 0.15) is 0 Å². The highest BCUT2D eigenvalue weighted by Gasteiger charge is 2.33. The number of aromatic nitrogens is 2. The van der Waals surface area contributed by atoms with Crippen LogP contribution in [0.1, 0.15) is 20.8 Å². The van der Waals surface area contributed by atoms with Gasteiger partial charge in [0.25, 0.3) is 0 Å². The lowest BCUT2D eigenvalue weighted by Gasteiger charge is -2.37. The number of hydrogen-bond acceptors (Lipinski definition) is 9. The van der Waals surface area contributed by atoms with Crippen molar-refractivity contribution < 1.29 is 9.66 Å². The minimum Gasteiger partial charge on any atom is -0.378 e. The number of hydrogen-bond donors (Lipinski definition) is 1. The van der Waals surface area contributed by atoms with Gasteiger partial charge in [-0.3, -0.25) is 10.1 Å². The van der Waals surface area contributed by atoms with Crippen molar-refractivity contribution in [2.45, 2.75) is 33.0 Å². The van der Waals surface area contributed by atoms with Crippen molar-refractivity contribution in [3.63, 3.8) is 0 Å². The summed E-state index contributed by atoms with van der Waals surface area (Å²) in [6.45, 7) is 11.5. The predicted octanol–water partition coefficient (Wildman–Crippen LogP) is 0.723. The smallest absolute Gasteiger partial charge is 0.353 e. The van der Waals surface area contributed by atoms with Crippen LogP contribution in [0.15, 0.2) is 0 Å². The van der Waals surface area contributed by atoms with Crippen LogP contribution in [0.4, 0.5) is 23.3 Å². The van der Waals surface area contributed by atoms with E-state index in [1.54, 1.807) is 0 Å². The molecule has 0 radical (unpaired) electrons. The second-order valence-corrected chi connectivity index (χ2v) is 6.92. The van der Waals surface area contributed by atoms with Gasteiger partial charge in [0, 0.05) is 39.3 Å². The summed E-state index contributed by atoms with van der Waals surface area (Å²) in [7, 11) is 0. The molecule has 144 valence electrons. The van der Waals surface area contributed by atoms with Crippen LogP contribution in [-0.4, -0.2) is 77.8 Å². The summed E-state index contributed by atoms with van der Waals surface area (Å²) in [5, 5.41) is 11.6. The number of nitrogens with zero attached hydrogens (tertiary/aromatic N) is 6. The molecule has 0 spiro atoms. The fraction of sp³-hybridized carbons (Fsp3) is 0.750. The van der Waals surface area contributed by atoms with E-state index in [4.69, 9.17) is 10.5 Å². The number of anilines is 3. The quantitative estimate of drug-likeness (QED) is 0.609. The highest BCUT2D eigenvalue weighted by atomic mass is 16.6. The molecule has 26 heavy (non-hydrogen) atoms. The van der Waals surface area contributed by atoms with Gasteiger partial charge in [-0.05, 0) is 20.4 Å². The minimum atomic E-state index is -0.492. The molecule has 10 nitrogen and oxygen atoms in total. The van der Waals surface area contributed by atoms with Crippen molar-refractivity contribution in [2.24, 2.45) is 0 Å². The standard InChI is InChI=1S/C16H27N7O3/c1-4-20-5-7-21(8-6-20)16-18-14(17)13(23(24)25)15(19-16)22-9-11(2)26-12(3)10-22/h11-12H,4-10H2,1-3H3,(H2,17,18,19)/t11-,12-/m1/s1. The number of ether oxygens (including phenoxy) is 1. The van der Waals surface area contributed by atoms with E-state index >= 15 is 0 Å². The molecule has 0 amide bonds. The Bertz CT molecular complexity index is 653. The van der Waals surface area contributed by atoms with Crippen LogP contribution < -0.4 is 15.5 Å².